The van der Waals surface area contributed by atoms with Crippen molar-refractivity contribution in [3.63, 3.8) is 0 Å². The number of hydrogen-bond acceptors (Lipinski definition) is 3. The van der Waals surface area contributed by atoms with Gasteiger partial charge in [-0.2, -0.15) is 0 Å². The Labute approximate surface area is 86.8 Å². The Morgan fingerprint density at radius 1 is 1.33 bits per heavy atom. The normalized spacial score (nSPS) is 13.9. The van der Waals surface area contributed by atoms with Crippen LogP contribution < -0.4 is 5.73 Å². The molecule has 0 radical (unpaired) electrons. The van der Waals surface area contributed by atoms with E-state index < -0.39 is 27.5 Å². The van der Waals surface area contributed by atoms with Gasteiger partial charge >= 0.3 is 0 Å². The second kappa shape index (κ2) is 4.24. The third kappa shape index (κ3) is 2.97. The number of nitrogens with two attached hydrogens (primary N) is 1. The molecule has 1 unspecified atom stereocenters. The SMILES string of the molecule is CC(N)CS(=O)(=O)c1ccc(F)c(F)c1. The second-order valence-electron chi connectivity index (χ2n) is 3.33. The van der Waals surface area contributed by atoms with Crippen LogP contribution in [0.2, 0.25) is 0 Å². The lowest BCUT2D eigenvalue weighted by atomic mass is 10.3. The Bertz CT molecular complexity index is 457. The molecular weight excluding hydrogens is 224 g/mol. The van der Waals surface area contributed by atoms with Gasteiger partial charge in [0.1, 0.15) is 0 Å². The molecule has 15 heavy (non-hydrogen) atoms. The predicted octanol–water partition coefficient (Wildman–Crippen LogP) is 1.09. The van der Waals surface area contributed by atoms with Crippen LogP contribution in [0.1, 0.15) is 6.92 Å². The molecule has 0 bridgehead atoms. The second-order valence-corrected chi connectivity index (χ2v) is 5.37. The summed E-state index contributed by atoms with van der Waals surface area (Å²) < 4.78 is 48.4. The minimum atomic E-state index is -3.63. The number of halogens is 2. The van der Waals surface area contributed by atoms with Crippen LogP contribution in [-0.2, 0) is 9.84 Å². The Hall–Kier alpha value is -1.01. The minimum absolute atomic E-state index is 0.251. The van der Waals surface area contributed by atoms with E-state index in [1.54, 1.807) is 0 Å². The van der Waals surface area contributed by atoms with Gasteiger partial charge in [-0.1, -0.05) is 0 Å². The van der Waals surface area contributed by atoms with Crippen LogP contribution in [0.5, 0.6) is 0 Å². The van der Waals surface area contributed by atoms with Gasteiger partial charge in [0.05, 0.1) is 10.6 Å². The molecule has 1 aromatic rings. The number of rotatable bonds is 3. The molecule has 0 heterocycles. The van der Waals surface area contributed by atoms with E-state index in [1.165, 1.54) is 6.92 Å². The zero-order chi connectivity index (χ0) is 11.6. The summed E-state index contributed by atoms with van der Waals surface area (Å²) in [4.78, 5) is -0.251. The van der Waals surface area contributed by atoms with Crippen LogP contribution in [0.25, 0.3) is 0 Å². The fraction of sp³-hybridized carbons (Fsp3) is 0.333. The molecule has 0 aliphatic carbocycles. The molecule has 0 saturated carbocycles. The first-order valence-corrected chi connectivity index (χ1v) is 5.91. The van der Waals surface area contributed by atoms with Crippen LogP contribution in [0.4, 0.5) is 8.78 Å². The van der Waals surface area contributed by atoms with Gasteiger partial charge in [0, 0.05) is 6.04 Å². The highest BCUT2D eigenvalue weighted by Crippen LogP contribution is 2.15. The highest BCUT2D eigenvalue weighted by Gasteiger charge is 2.18. The van der Waals surface area contributed by atoms with Gasteiger partial charge in [-0.15, -0.1) is 0 Å². The molecule has 1 atom stereocenters. The van der Waals surface area contributed by atoms with Gasteiger partial charge in [0.2, 0.25) is 0 Å². The Morgan fingerprint density at radius 3 is 2.40 bits per heavy atom. The first-order chi connectivity index (χ1) is 6.83. The quantitative estimate of drug-likeness (QED) is 0.798. The van der Waals surface area contributed by atoms with Crippen molar-refractivity contribution in [1.29, 1.82) is 0 Å². The summed E-state index contributed by atoms with van der Waals surface area (Å²) >= 11 is 0. The lowest BCUT2D eigenvalue weighted by molar-refractivity contribution is 0.504. The van der Waals surface area contributed by atoms with Crippen LogP contribution >= 0.6 is 0 Å². The summed E-state index contributed by atoms with van der Waals surface area (Å²) in [5.74, 6) is -2.55. The van der Waals surface area contributed by atoms with Crippen LogP contribution in [0.15, 0.2) is 23.1 Å². The largest absolute Gasteiger partial charge is 0.327 e. The third-order valence-corrected chi connectivity index (χ3v) is 3.67. The number of benzene rings is 1. The molecule has 3 nitrogen and oxygen atoms in total. The van der Waals surface area contributed by atoms with Gasteiger partial charge < -0.3 is 5.73 Å². The summed E-state index contributed by atoms with van der Waals surface area (Å²) in [5.41, 5.74) is 5.34. The van der Waals surface area contributed by atoms with E-state index in [2.05, 4.69) is 0 Å². The zero-order valence-corrected chi connectivity index (χ0v) is 8.89. The van der Waals surface area contributed by atoms with E-state index >= 15 is 0 Å². The zero-order valence-electron chi connectivity index (χ0n) is 8.07. The molecular formula is C9H11F2NO2S. The van der Waals surface area contributed by atoms with Crippen molar-refractivity contribution in [3.8, 4) is 0 Å². The molecule has 2 N–H and O–H groups in total. The first-order valence-electron chi connectivity index (χ1n) is 4.26. The summed E-state index contributed by atoms with van der Waals surface area (Å²) in [7, 11) is -3.63. The fourth-order valence-electron chi connectivity index (χ4n) is 1.11. The highest BCUT2D eigenvalue weighted by molar-refractivity contribution is 7.91. The topological polar surface area (TPSA) is 60.2 Å². The smallest absolute Gasteiger partial charge is 0.179 e. The van der Waals surface area contributed by atoms with E-state index in [-0.39, 0.29) is 10.6 Å². The van der Waals surface area contributed by atoms with E-state index in [9.17, 15) is 17.2 Å². The molecule has 0 aromatic heterocycles. The molecule has 0 saturated heterocycles. The van der Waals surface area contributed by atoms with Gasteiger partial charge in [0.15, 0.2) is 21.5 Å². The summed E-state index contributed by atoms with van der Waals surface area (Å²) in [5, 5.41) is 0. The maximum absolute atomic E-state index is 12.8. The van der Waals surface area contributed by atoms with E-state index in [4.69, 9.17) is 5.73 Å². The van der Waals surface area contributed by atoms with Gasteiger partial charge in [0.25, 0.3) is 0 Å². The lowest BCUT2D eigenvalue weighted by Gasteiger charge is -2.07. The van der Waals surface area contributed by atoms with E-state index in [0.29, 0.717) is 6.07 Å². The number of sulfone groups is 1. The number of hydrogen-bond donors (Lipinski definition) is 1. The van der Waals surface area contributed by atoms with Crippen molar-refractivity contribution in [2.75, 3.05) is 5.75 Å². The monoisotopic (exact) mass is 235 g/mol. The van der Waals surface area contributed by atoms with Crippen molar-refractivity contribution in [1.82, 2.24) is 0 Å². The lowest BCUT2D eigenvalue weighted by Crippen LogP contribution is -2.26. The molecule has 0 aliphatic rings. The summed E-state index contributed by atoms with van der Waals surface area (Å²) in [6.45, 7) is 1.53. The molecule has 0 amide bonds. The Balaban J connectivity index is 3.11. The highest BCUT2D eigenvalue weighted by atomic mass is 32.2. The van der Waals surface area contributed by atoms with E-state index in [0.717, 1.165) is 12.1 Å². The van der Waals surface area contributed by atoms with Crippen molar-refractivity contribution in [2.45, 2.75) is 17.9 Å². The summed E-state index contributed by atoms with van der Waals surface area (Å²) in [6, 6.07) is 1.91. The van der Waals surface area contributed by atoms with Gasteiger partial charge in [-0.3, -0.25) is 0 Å². The minimum Gasteiger partial charge on any atom is -0.327 e. The molecule has 0 fully saturated rings. The maximum Gasteiger partial charge on any atom is 0.179 e. The van der Waals surface area contributed by atoms with E-state index in [1.807, 2.05) is 0 Å². The third-order valence-electron chi connectivity index (χ3n) is 1.73. The Morgan fingerprint density at radius 2 is 1.93 bits per heavy atom. The molecule has 1 rings (SSSR count). The molecule has 84 valence electrons. The summed E-state index contributed by atoms with van der Waals surface area (Å²) in [6.07, 6.45) is 0. The van der Waals surface area contributed by atoms with Crippen LogP contribution in [0.3, 0.4) is 0 Å². The average molecular weight is 235 g/mol. The van der Waals surface area contributed by atoms with Gasteiger partial charge in [-0.25, -0.2) is 17.2 Å². The fourth-order valence-corrected chi connectivity index (χ4v) is 2.56. The van der Waals surface area contributed by atoms with Crippen molar-refractivity contribution in [2.24, 2.45) is 5.73 Å². The average Bonchev–Trinajstić information content (AvgIpc) is 2.07. The predicted molar refractivity (Wildman–Crippen MR) is 52.1 cm³/mol. The molecule has 6 heteroatoms. The van der Waals surface area contributed by atoms with Crippen LogP contribution in [-0.4, -0.2) is 20.2 Å². The molecule has 0 spiro atoms. The molecule has 0 aliphatic heterocycles. The van der Waals surface area contributed by atoms with Crippen molar-refractivity contribution in [3.05, 3.63) is 29.8 Å². The Kier molecular flexibility index (Phi) is 3.41. The van der Waals surface area contributed by atoms with Crippen molar-refractivity contribution >= 4 is 9.84 Å². The standard InChI is InChI=1S/C9H11F2NO2S/c1-6(12)5-15(13,14)7-2-3-8(10)9(11)4-7/h2-4,6H,5,12H2,1H3. The maximum atomic E-state index is 12.8. The van der Waals surface area contributed by atoms with Crippen molar-refractivity contribution < 1.29 is 17.2 Å². The molecule has 1 aromatic carbocycles. The van der Waals surface area contributed by atoms with Gasteiger partial charge in [-0.05, 0) is 25.1 Å². The first kappa shape index (κ1) is 12.1. The van der Waals surface area contributed by atoms with Crippen LogP contribution in [0, 0.1) is 11.6 Å².